The van der Waals surface area contributed by atoms with Gasteiger partial charge in [0.25, 0.3) is 0 Å². The third-order valence-electron chi connectivity index (χ3n) is 2.27. The lowest BCUT2D eigenvalue weighted by Crippen LogP contribution is -2.44. The van der Waals surface area contributed by atoms with Crippen molar-refractivity contribution in [3.05, 3.63) is 24.5 Å². The van der Waals surface area contributed by atoms with Gasteiger partial charge >= 0.3 is 0 Å². The molecule has 0 aliphatic carbocycles. The van der Waals surface area contributed by atoms with E-state index in [9.17, 15) is 4.39 Å². The molecular weight excluding hydrogens is 254 g/mol. The summed E-state index contributed by atoms with van der Waals surface area (Å²) in [6.07, 6.45) is 2.72. The Morgan fingerprint density at radius 2 is 2.25 bits per heavy atom. The SMILES string of the molecule is Cl.Cl.F[C@@H]1CNCC[C@@H]1Oc1cccnc1. The van der Waals surface area contributed by atoms with Gasteiger partial charge in [-0.25, -0.2) is 4.39 Å². The molecule has 1 aliphatic heterocycles. The highest BCUT2D eigenvalue weighted by Gasteiger charge is 2.25. The van der Waals surface area contributed by atoms with Crippen LogP contribution in [0.1, 0.15) is 6.42 Å². The van der Waals surface area contributed by atoms with Crippen LogP contribution in [-0.4, -0.2) is 30.3 Å². The van der Waals surface area contributed by atoms with Crippen LogP contribution in [0.15, 0.2) is 24.5 Å². The summed E-state index contributed by atoms with van der Waals surface area (Å²) in [6, 6.07) is 3.57. The first-order chi connectivity index (χ1) is 6.86. The summed E-state index contributed by atoms with van der Waals surface area (Å²) >= 11 is 0. The van der Waals surface area contributed by atoms with E-state index in [1.165, 1.54) is 0 Å². The Morgan fingerprint density at radius 1 is 1.44 bits per heavy atom. The second kappa shape index (κ2) is 7.65. The van der Waals surface area contributed by atoms with Crippen molar-refractivity contribution in [2.24, 2.45) is 0 Å². The first-order valence-corrected chi connectivity index (χ1v) is 4.78. The molecule has 2 atom stereocenters. The molecule has 0 unspecified atom stereocenters. The minimum absolute atomic E-state index is 0. The number of piperidine rings is 1. The summed E-state index contributed by atoms with van der Waals surface area (Å²) in [5.41, 5.74) is 0. The fourth-order valence-corrected chi connectivity index (χ4v) is 1.52. The average molecular weight is 269 g/mol. The number of alkyl halides is 1. The van der Waals surface area contributed by atoms with Crippen molar-refractivity contribution in [3.63, 3.8) is 0 Å². The van der Waals surface area contributed by atoms with Crippen molar-refractivity contribution in [2.75, 3.05) is 13.1 Å². The molecule has 0 aromatic carbocycles. The van der Waals surface area contributed by atoms with Crippen LogP contribution in [0.4, 0.5) is 4.39 Å². The average Bonchev–Trinajstić information content (AvgIpc) is 2.23. The zero-order valence-corrected chi connectivity index (χ0v) is 10.3. The second-order valence-corrected chi connectivity index (χ2v) is 3.35. The molecule has 0 spiro atoms. The van der Waals surface area contributed by atoms with E-state index in [4.69, 9.17) is 4.74 Å². The number of nitrogens with one attached hydrogen (secondary N) is 1. The van der Waals surface area contributed by atoms with Gasteiger partial charge in [-0.15, -0.1) is 24.8 Å². The third-order valence-corrected chi connectivity index (χ3v) is 2.27. The van der Waals surface area contributed by atoms with Crippen LogP contribution in [-0.2, 0) is 0 Å². The van der Waals surface area contributed by atoms with Gasteiger partial charge in [0.15, 0.2) is 0 Å². The van der Waals surface area contributed by atoms with E-state index in [2.05, 4.69) is 10.3 Å². The van der Waals surface area contributed by atoms with E-state index in [0.717, 1.165) is 6.54 Å². The maximum Gasteiger partial charge on any atom is 0.149 e. The van der Waals surface area contributed by atoms with Crippen molar-refractivity contribution in [3.8, 4) is 5.75 Å². The van der Waals surface area contributed by atoms with Crippen molar-refractivity contribution < 1.29 is 9.13 Å². The van der Waals surface area contributed by atoms with E-state index >= 15 is 0 Å². The molecule has 92 valence electrons. The first-order valence-electron chi connectivity index (χ1n) is 4.78. The lowest BCUT2D eigenvalue weighted by Gasteiger charge is -2.27. The Labute approximate surface area is 107 Å². The molecule has 1 saturated heterocycles. The summed E-state index contributed by atoms with van der Waals surface area (Å²) in [6.45, 7) is 1.19. The van der Waals surface area contributed by atoms with Gasteiger partial charge in [0.2, 0.25) is 0 Å². The van der Waals surface area contributed by atoms with E-state index in [1.54, 1.807) is 24.5 Å². The van der Waals surface area contributed by atoms with Gasteiger partial charge in [-0.1, -0.05) is 0 Å². The molecule has 2 heterocycles. The van der Waals surface area contributed by atoms with Gasteiger partial charge in [-0.2, -0.15) is 0 Å². The third kappa shape index (κ3) is 4.12. The monoisotopic (exact) mass is 268 g/mol. The number of halogens is 3. The molecule has 1 N–H and O–H groups in total. The van der Waals surface area contributed by atoms with Crippen molar-refractivity contribution in [1.29, 1.82) is 0 Å². The fraction of sp³-hybridized carbons (Fsp3) is 0.500. The lowest BCUT2D eigenvalue weighted by molar-refractivity contribution is 0.0728. The van der Waals surface area contributed by atoms with Crippen LogP contribution >= 0.6 is 24.8 Å². The van der Waals surface area contributed by atoms with E-state index in [0.29, 0.717) is 18.7 Å². The summed E-state index contributed by atoms with van der Waals surface area (Å²) in [5.74, 6) is 0.641. The molecule has 0 bridgehead atoms. The molecule has 3 nitrogen and oxygen atoms in total. The number of ether oxygens (including phenoxy) is 1. The Kier molecular flexibility index (Phi) is 7.38. The smallest absolute Gasteiger partial charge is 0.149 e. The second-order valence-electron chi connectivity index (χ2n) is 3.35. The minimum Gasteiger partial charge on any atom is -0.486 e. The van der Waals surface area contributed by atoms with E-state index in [1.807, 2.05) is 0 Å². The standard InChI is InChI=1S/C10H13FN2O.2ClH/c11-9-7-13-5-3-10(9)14-8-2-1-4-12-6-8;;/h1-2,4,6,9-10,13H,3,5,7H2;2*1H/t9-,10+;;/m1../s1. The van der Waals surface area contributed by atoms with Gasteiger partial charge in [0.05, 0.1) is 6.20 Å². The number of rotatable bonds is 2. The number of nitrogens with zero attached hydrogens (tertiary/aromatic N) is 1. The molecule has 6 heteroatoms. The lowest BCUT2D eigenvalue weighted by atomic mass is 10.1. The molecule has 1 aliphatic rings. The van der Waals surface area contributed by atoms with E-state index in [-0.39, 0.29) is 30.9 Å². The molecule has 0 saturated carbocycles. The van der Waals surface area contributed by atoms with Gasteiger partial charge < -0.3 is 10.1 Å². The number of pyridine rings is 1. The van der Waals surface area contributed by atoms with Crippen LogP contribution < -0.4 is 10.1 Å². The highest BCUT2D eigenvalue weighted by atomic mass is 35.5. The maximum absolute atomic E-state index is 13.3. The molecule has 1 aromatic rings. The predicted molar refractivity (Wildman–Crippen MR) is 65.5 cm³/mol. The fourth-order valence-electron chi connectivity index (χ4n) is 1.52. The predicted octanol–water partition coefficient (Wildman–Crippen LogP) is 2.00. The normalized spacial score (nSPS) is 23.8. The molecule has 1 aromatic heterocycles. The number of hydrogen-bond acceptors (Lipinski definition) is 3. The molecule has 1 fully saturated rings. The molecule has 0 amide bonds. The van der Waals surface area contributed by atoms with Gasteiger partial charge in [0, 0.05) is 12.7 Å². The van der Waals surface area contributed by atoms with Crippen LogP contribution in [0.2, 0.25) is 0 Å². The quantitative estimate of drug-likeness (QED) is 0.891. The van der Waals surface area contributed by atoms with Crippen molar-refractivity contribution in [2.45, 2.75) is 18.7 Å². The molecule has 2 rings (SSSR count). The topological polar surface area (TPSA) is 34.1 Å². The number of hydrogen-bond donors (Lipinski definition) is 1. The van der Waals surface area contributed by atoms with Gasteiger partial charge in [-0.3, -0.25) is 4.98 Å². The maximum atomic E-state index is 13.3. The van der Waals surface area contributed by atoms with Crippen LogP contribution in [0, 0.1) is 0 Å². The summed E-state index contributed by atoms with van der Waals surface area (Å²) in [5, 5.41) is 2.98. The van der Waals surface area contributed by atoms with E-state index < -0.39 is 6.17 Å². The van der Waals surface area contributed by atoms with Crippen molar-refractivity contribution in [1.82, 2.24) is 10.3 Å². The van der Waals surface area contributed by atoms with Crippen LogP contribution in [0.25, 0.3) is 0 Å². The Balaban J connectivity index is 0.00000112. The highest BCUT2D eigenvalue weighted by molar-refractivity contribution is 5.85. The minimum atomic E-state index is -0.927. The van der Waals surface area contributed by atoms with Crippen LogP contribution in [0.5, 0.6) is 5.75 Å². The molecule has 16 heavy (non-hydrogen) atoms. The molecule has 0 radical (unpaired) electrons. The highest BCUT2D eigenvalue weighted by Crippen LogP contribution is 2.16. The first kappa shape index (κ1) is 15.4. The zero-order valence-electron chi connectivity index (χ0n) is 8.64. The van der Waals surface area contributed by atoms with Crippen LogP contribution in [0.3, 0.4) is 0 Å². The Bertz CT molecular complexity index is 289. The molecular formula is C10H15Cl2FN2O. The number of aromatic nitrogens is 1. The summed E-state index contributed by atoms with van der Waals surface area (Å²) in [4.78, 5) is 3.91. The Hall–Kier alpha value is -0.580. The van der Waals surface area contributed by atoms with Gasteiger partial charge in [-0.05, 0) is 25.1 Å². The largest absolute Gasteiger partial charge is 0.486 e. The summed E-state index contributed by atoms with van der Waals surface area (Å²) < 4.78 is 18.8. The summed E-state index contributed by atoms with van der Waals surface area (Å²) in [7, 11) is 0. The zero-order chi connectivity index (χ0) is 9.80. The van der Waals surface area contributed by atoms with Gasteiger partial charge in [0.1, 0.15) is 18.0 Å². The Morgan fingerprint density at radius 3 is 2.88 bits per heavy atom. The van der Waals surface area contributed by atoms with Crippen molar-refractivity contribution >= 4 is 24.8 Å².